The zero-order chi connectivity index (χ0) is 12.1. The zero-order valence-electron chi connectivity index (χ0n) is 10.0. The van der Waals surface area contributed by atoms with Gasteiger partial charge in [-0.3, -0.25) is 4.79 Å². The standard InChI is InChI=1S/C13H18N2O2/c1-2-17-12-5-3-4-11(8-12)15-13(16)10-6-7-14-9-10/h3-5,8,10,14H,2,6-7,9H2,1H3,(H,15,16). The van der Waals surface area contributed by atoms with Crippen LogP contribution >= 0.6 is 0 Å². The number of benzene rings is 1. The first kappa shape index (κ1) is 11.9. The fourth-order valence-corrected chi connectivity index (χ4v) is 1.95. The predicted molar refractivity (Wildman–Crippen MR) is 67.2 cm³/mol. The van der Waals surface area contributed by atoms with Gasteiger partial charge in [0.05, 0.1) is 12.5 Å². The number of hydrogen-bond donors (Lipinski definition) is 2. The lowest BCUT2D eigenvalue weighted by molar-refractivity contribution is -0.119. The van der Waals surface area contributed by atoms with Crippen molar-refractivity contribution in [1.29, 1.82) is 0 Å². The monoisotopic (exact) mass is 234 g/mol. The fourth-order valence-electron chi connectivity index (χ4n) is 1.95. The number of anilines is 1. The smallest absolute Gasteiger partial charge is 0.228 e. The van der Waals surface area contributed by atoms with Crippen molar-refractivity contribution < 1.29 is 9.53 Å². The first-order chi connectivity index (χ1) is 8.29. The highest BCUT2D eigenvalue weighted by molar-refractivity contribution is 5.93. The Morgan fingerprint density at radius 1 is 1.59 bits per heavy atom. The van der Waals surface area contributed by atoms with Gasteiger partial charge in [-0.05, 0) is 32.0 Å². The van der Waals surface area contributed by atoms with Crippen molar-refractivity contribution in [2.45, 2.75) is 13.3 Å². The molecule has 1 saturated heterocycles. The van der Waals surface area contributed by atoms with Gasteiger partial charge in [0.25, 0.3) is 0 Å². The normalized spacial score (nSPS) is 19.0. The Morgan fingerprint density at radius 3 is 3.18 bits per heavy atom. The van der Waals surface area contributed by atoms with Crippen LogP contribution in [0, 0.1) is 5.92 Å². The summed E-state index contributed by atoms with van der Waals surface area (Å²) in [5.41, 5.74) is 0.799. The van der Waals surface area contributed by atoms with Gasteiger partial charge in [-0.15, -0.1) is 0 Å². The minimum Gasteiger partial charge on any atom is -0.494 e. The maximum atomic E-state index is 11.9. The van der Waals surface area contributed by atoms with Crippen LogP contribution in [0.1, 0.15) is 13.3 Å². The van der Waals surface area contributed by atoms with Crippen LogP contribution in [-0.4, -0.2) is 25.6 Å². The highest BCUT2D eigenvalue weighted by Crippen LogP contribution is 2.19. The van der Waals surface area contributed by atoms with Gasteiger partial charge in [0.15, 0.2) is 0 Å². The fraction of sp³-hybridized carbons (Fsp3) is 0.462. The van der Waals surface area contributed by atoms with Crippen LogP contribution in [0.4, 0.5) is 5.69 Å². The van der Waals surface area contributed by atoms with Gasteiger partial charge in [-0.2, -0.15) is 0 Å². The summed E-state index contributed by atoms with van der Waals surface area (Å²) < 4.78 is 5.39. The molecule has 17 heavy (non-hydrogen) atoms. The molecule has 4 nitrogen and oxygen atoms in total. The van der Waals surface area contributed by atoms with Crippen LogP contribution in [0.3, 0.4) is 0 Å². The Morgan fingerprint density at radius 2 is 2.47 bits per heavy atom. The molecule has 1 fully saturated rings. The van der Waals surface area contributed by atoms with Crippen molar-refractivity contribution in [3.05, 3.63) is 24.3 Å². The molecule has 1 unspecified atom stereocenters. The molecule has 0 aliphatic carbocycles. The molecule has 1 aromatic rings. The van der Waals surface area contributed by atoms with Gasteiger partial charge in [-0.1, -0.05) is 6.07 Å². The minimum absolute atomic E-state index is 0.0867. The van der Waals surface area contributed by atoms with Gasteiger partial charge in [-0.25, -0.2) is 0 Å². The average Bonchev–Trinajstić information content (AvgIpc) is 2.83. The van der Waals surface area contributed by atoms with Crippen molar-refractivity contribution in [1.82, 2.24) is 5.32 Å². The van der Waals surface area contributed by atoms with E-state index in [1.54, 1.807) is 0 Å². The predicted octanol–water partition coefficient (Wildman–Crippen LogP) is 1.63. The molecule has 1 atom stereocenters. The summed E-state index contributed by atoms with van der Waals surface area (Å²) in [7, 11) is 0. The van der Waals surface area contributed by atoms with Crippen LogP contribution in [-0.2, 0) is 4.79 Å². The molecule has 4 heteroatoms. The van der Waals surface area contributed by atoms with Gasteiger partial charge in [0, 0.05) is 18.3 Å². The van der Waals surface area contributed by atoms with E-state index in [2.05, 4.69) is 10.6 Å². The highest BCUT2D eigenvalue weighted by Gasteiger charge is 2.22. The van der Waals surface area contributed by atoms with Crippen molar-refractivity contribution in [3.8, 4) is 5.75 Å². The van der Waals surface area contributed by atoms with E-state index in [9.17, 15) is 4.79 Å². The maximum Gasteiger partial charge on any atom is 0.228 e. The molecule has 1 aromatic carbocycles. The quantitative estimate of drug-likeness (QED) is 0.832. The third kappa shape index (κ3) is 3.20. The van der Waals surface area contributed by atoms with E-state index in [1.165, 1.54) is 0 Å². The summed E-state index contributed by atoms with van der Waals surface area (Å²) in [5, 5.41) is 6.11. The Balaban J connectivity index is 1.97. The zero-order valence-corrected chi connectivity index (χ0v) is 10.0. The topological polar surface area (TPSA) is 50.4 Å². The molecular weight excluding hydrogens is 216 g/mol. The first-order valence-electron chi connectivity index (χ1n) is 6.04. The van der Waals surface area contributed by atoms with Gasteiger partial charge >= 0.3 is 0 Å². The summed E-state index contributed by atoms with van der Waals surface area (Å²) in [4.78, 5) is 11.9. The van der Waals surface area contributed by atoms with Crippen LogP contribution in [0.5, 0.6) is 5.75 Å². The van der Waals surface area contributed by atoms with Gasteiger partial charge < -0.3 is 15.4 Å². The Kier molecular flexibility index (Phi) is 3.98. The Bertz CT molecular complexity index is 387. The first-order valence-corrected chi connectivity index (χ1v) is 6.04. The van der Waals surface area contributed by atoms with Gasteiger partial charge in [0.1, 0.15) is 5.75 Å². The van der Waals surface area contributed by atoms with Crippen molar-refractivity contribution in [3.63, 3.8) is 0 Å². The molecule has 1 amide bonds. The molecule has 0 aromatic heterocycles. The van der Waals surface area contributed by atoms with E-state index < -0.39 is 0 Å². The largest absolute Gasteiger partial charge is 0.494 e. The van der Waals surface area contributed by atoms with Crippen molar-refractivity contribution in [2.75, 3.05) is 25.0 Å². The van der Waals surface area contributed by atoms with Crippen LogP contribution in [0.2, 0.25) is 0 Å². The number of carbonyl (C=O) groups is 1. The Labute approximate surface area is 101 Å². The van der Waals surface area contributed by atoms with Gasteiger partial charge in [0.2, 0.25) is 5.91 Å². The summed E-state index contributed by atoms with van der Waals surface area (Å²) in [6.07, 6.45) is 0.914. The summed E-state index contributed by atoms with van der Waals surface area (Å²) in [6, 6.07) is 7.50. The highest BCUT2D eigenvalue weighted by atomic mass is 16.5. The number of amides is 1. The molecular formula is C13H18N2O2. The second kappa shape index (κ2) is 5.68. The molecule has 0 spiro atoms. The summed E-state index contributed by atoms with van der Waals surface area (Å²) in [6.45, 7) is 4.27. The molecule has 0 radical (unpaired) electrons. The molecule has 1 aliphatic rings. The lowest BCUT2D eigenvalue weighted by atomic mass is 10.1. The van der Waals surface area contributed by atoms with Crippen LogP contribution in [0.15, 0.2) is 24.3 Å². The summed E-state index contributed by atoms with van der Waals surface area (Å²) >= 11 is 0. The van der Waals surface area contributed by atoms with Crippen molar-refractivity contribution >= 4 is 11.6 Å². The van der Waals surface area contributed by atoms with E-state index in [0.717, 1.165) is 30.9 Å². The number of ether oxygens (including phenoxy) is 1. The minimum atomic E-state index is 0.0867. The number of hydrogen-bond acceptors (Lipinski definition) is 3. The molecule has 0 bridgehead atoms. The molecule has 2 N–H and O–H groups in total. The molecule has 1 aliphatic heterocycles. The van der Waals surface area contributed by atoms with Crippen LogP contribution in [0.25, 0.3) is 0 Å². The molecule has 2 rings (SSSR count). The van der Waals surface area contributed by atoms with E-state index in [4.69, 9.17) is 4.74 Å². The lowest BCUT2D eigenvalue weighted by Crippen LogP contribution is -2.24. The third-order valence-corrected chi connectivity index (χ3v) is 2.84. The molecule has 0 saturated carbocycles. The second-order valence-electron chi connectivity index (χ2n) is 4.14. The SMILES string of the molecule is CCOc1cccc(NC(=O)C2CCNC2)c1. The number of carbonyl (C=O) groups excluding carboxylic acids is 1. The number of nitrogens with one attached hydrogen (secondary N) is 2. The van der Waals surface area contributed by atoms with Crippen molar-refractivity contribution in [2.24, 2.45) is 5.92 Å². The lowest BCUT2D eigenvalue weighted by Gasteiger charge is -2.11. The second-order valence-corrected chi connectivity index (χ2v) is 4.14. The molecule has 92 valence electrons. The Hall–Kier alpha value is -1.55. The van der Waals surface area contributed by atoms with E-state index >= 15 is 0 Å². The average molecular weight is 234 g/mol. The third-order valence-electron chi connectivity index (χ3n) is 2.84. The molecule has 1 heterocycles. The number of rotatable bonds is 4. The van der Waals surface area contributed by atoms with E-state index in [1.807, 2.05) is 31.2 Å². The van der Waals surface area contributed by atoms with Crippen LogP contribution < -0.4 is 15.4 Å². The van der Waals surface area contributed by atoms with E-state index in [-0.39, 0.29) is 11.8 Å². The summed E-state index contributed by atoms with van der Waals surface area (Å²) in [5.74, 6) is 0.962. The maximum absolute atomic E-state index is 11.9. The van der Waals surface area contributed by atoms with E-state index in [0.29, 0.717) is 6.61 Å².